The average Bonchev–Trinajstić information content (AvgIpc) is 2.84. The lowest BCUT2D eigenvalue weighted by Crippen LogP contribution is -2.30. The first-order chi connectivity index (χ1) is 7.75. The monoisotopic (exact) mass is 224 g/mol. The maximum atomic E-state index is 5.32. The summed E-state index contributed by atoms with van der Waals surface area (Å²) in [5, 5.41) is 7.69. The summed E-state index contributed by atoms with van der Waals surface area (Å²) in [6.45, 7) is 7.76. The van der Waals surface area contributed by atoms with E-state index in [0.717, 1.165) is 38.5 Å². The Morgan fingerprint density at radius 2 is 2.50 bits per heavy atom. The van der Waals surface area contributed by atoms with Crippen LogP contribution < -0.4 is 5.32 Å². The van der Waals surface area contributed by atoms with E-state index < -0.39 is 0 Å². The lowest BCUT2D eigenvalue weighted by atomic mass is 10.2. The van der Waals surface area contributed by atoms with E-state index in [2.05, 4.69) is 29.2 Å². The van der Waals surface area contributed by atoms with E-state index in [1.54, 1.807) is 6.33 Å². The Hall–Kier alpha value is -0.940. The van der Waals surface area contributed by atoms with Crippen LogP contribution in [-0.4, -0.2) is 34.0 Å². The van der Waals surface area contributed by atoms with Crippen LogP contribution in [-0.2, 0) is 17.8 Å². The zero-order valence-electron chi connectivity index (χ0n) is 10.0. The summed E-state index contributed by atoms with van der Waals surface area (Å²) in [6.07, 6.45) is 2.73. The standard InChI is InChI=1S/C11H20N4O/c1-9(2)6-15-11(13-8-14-15)5-12-10-3-4-16-7-10/h8-10,12H,3-7H2,1-2H3. The Morgan fingerprint density at radius 1 is 1.62 bits per heavy atom. The van der Waals surface area contributed by atoms with Crippen molar-refractivity contribution < 1.29 is 4.74 Å². The molecule has 1 aliphatic rings. The number of ether oxygens (including phenoxy) is 1. The van der Waals surface area contributed by atoms with E-state index in [-0.39, 0.29) is 0 Å². The van der Waals surface area contributed by atoms with Crippen LogP contribution in [0.25, 0.3) is 0 Å². The zero-order valence-corrected chi connectivity index (χ0v) is 10.0. The summed E-state index contributed by atoms with van der Waals surface area (Å²) in [5.74, 6) is 1.61. The molecule has 2 rings (SSSR count). The van der Waals surface area contributed by atoms with Gasteiger partial charge in [-0.2, -0.15) is 5.10 Å². The third-order valence-corrected chi connectivity index (χ3v) is 2.71. The molecule has 1 saturated heterocycles. The van der Waals surface area contributed by atoms with Gasteiger partial charge >= 0.3 is 0 Å². The van der Waals surface area contributed by atoms with Gasteiger partial charge in [0.05, 0.1) is 13.2 Å². The Bertz CT molecular complexity index is 318. The summed E-state index contributed by atoms with van der Waals surface area (Å²) in [7, 11) is 0. The first-order valence-corrected chi connectivity index (χ1v) is 5.93. The van der Waals surface area contributed by atoms with Crippen molar-refractivity contribution in [1.29, 1.82) is 0 Å². The number of hydrogen-bond donors (Lipinski definition) is 1. The summed E-state index contributed by atoms with van der Waals surface area (Å²) in [6, 6.07) is 0.476. The van der Waals surface area contributed by atoms with Gasteiger partial charge in [-0.1, -0.05) is 13.8 Å². The molecule has 0 bridgehead atoms. The van der Waals surface area contributed by atoms with Crippen LogP contribution in [0.3, 0.4) is 0 Å². The van der Waals surface area contributed by atoms with E-state index in [1.807, 2.05) is 4.68 Å². The van der Waals surface area contributed by atoms with Crippen molar-refractivity contribution in [2.75, 3.05) is 13.2 Å². The molecule has 0 aliphatic carbocycles. The molecule has 1 aromatic heterocycles. The van der Waals surface area contributed by atoms with Crippen molar-refractivity contribution in [3.05, 3.63) is 12.2 Å². The fourth-order valence-corrected chi connectivity index (χ4v) is 1.85. The molecule has 2 heterocycles. The first kappa shape index (κ1) is 11.5. The predicted molar refractivity (Wildman–Crippen MR) is 60.9 cm³/mol. The second-order valence-electron chi connectivity index (χ2n) is 4.69. The molecule has 1 fully saturated rings. The second kappa shape index (κ2) is 5.41. The summed E-state index contributed by atoms with van der Waals surface area (Å²) >= 11 is 0. The van der Waals surface area contributed by atoms with Gasteiger partial charge < -0.3 is 10.1 Å². The highest BCUT2D eigenvalue weighted by Crippen LogP contribution is 2.05. The van der Waals surface area contributed by atoms with Crippen LogP contribution in [0, 0.1) is 5.92 Å². The van der Waals surface area contributed by atoms with E-state index in [0.29, 0.717) is 12.0 Å². The quantitative estimate of drug-likeness (QED) is 0.804. The van der Waals surface area contributed by atoms with Crippen LogP contribution in [0.1, 0.15) is 26.1 Å². The normalized spacial score (nSPS) is 20.8. The van der Waals surface area contributed by atoms with Gasteiger partial charge in [0, 0.05) is 19.2 Å². The molecule has 1 N–H and O–H groups in total. The van der Waals surface area contributed by atoms with Crippen molar-refractivity contribution in [3.63, 3.8) is 0 Å². The van der Waals surface area contributed by atoms with Gasteiger partial charge in [0.2, 0.25) is 0 Å². The minimum atomic E-state index is 0.476. The molecule has 0 aromatic carbocycles. The molecule has 0 spiro atoms. The predicted octanol–water partition coefficient (Wildman–Crippen LogP) is 0.813. The topological polar surface area (TPSA) is 52.0 Å². The van der Waals surface area contributed by atoms with E-state index in [9.17, 15) is 0 Å². The molecule has 1 aliphatic heterocycles. The third kappa shape index (κ3) is 3.02. The molecule has 90 valence electrons. The Kier molecular flexibility index (Phi) is 3.90. The molecule has 1 atom stereocenters. The maximum absolute atomic E-state index is 5.32. The number of nitrogens with one attached hydrogen (secondary N) is 1. The van der Waals surface area contributed by atoms with Gasteiger partial charge in [-0.05, 0) is 12.3 Å². The molecule has 5 nitrogen and oxygen atoms in total. The van der Waals surface area contributed by atoms with E-state index >= 15 is 0 Å². The van der Waals surface area contributed by atoms with Crippen LogP contribution in [0.5, 0.6) is 0 Å². The molecule has 16 heavy (non-hydrogen) atoms. The van der Waals surface area contributed by atoms with Crippen molar-refractivity contribution in [2.24, 2.45) is 5.92 Å². The number of hydrogen-bond acceptors (Lipinski definition) is 4. The van der Waals surface area contributed by atoms with Crippen molar-refractivity contribution in [2.45, 2.75) is 39.4 Å². The molecular weight excluding hydrogens is 204 g/mol. The van der Waals surface area contributed by atoms with E-state index in [4.69, 9.17) is 4.74 Å². The number of nitrogens with zero attached hydrogens (tertiary/aromatic N) is 3. The Labute approximate surface area is 96.2 Å². The van der Waals surface area contributed by atoms with Crippen LogP contribution in [0.2, 0.25) is 0 Å². The number of rotatable bonds is 5. The summed E-state index contributed by atoms with van der Waals surface area (Å²) in [5.41, 5.74) is 0. The largest absolute Gasteiger partial charge is 0.380 e. The van der Waals surface area contributed by atoms with E-state index in [1.165, 1.54) is 0 Å². The number of aromatic nitrogens is 3. The van der Waals surface area contributed by atoms with Crippen molar-refractivity contribution in [1.82, 2.24) is 20.1 Å². The fourth-order valence-electron chi connectivity index (χ4n) is 1.85. The highest BCUT2D eigenvalue weighted by atomic mass is 16.5. The summed E-state index contributed by atoms with van der Waals surface area (Å²) < 4.78 is 7.30. The molecule has 1 aromatic rings. The van der Waals surface area contributed by atoms with Crippen molar-refractivity contribution >= 4 is 0 Å². The van der Waals surface area contributed by atoms with Gasteiger partial charge in [0.1, 0.15) is 12.2 Å². The third-order valence-electron chi connectivity index (χ3n) is 2.71. The molecule has 5 heteroatoms. The zero-order chi connectivity index (χ0) is 11.4. The van der Waals surface area contributed by atoms with Crippen molar-refractivity contribution in [3.8, 4) is 0 Å². The fraction of sp³-hybridized carbons (Fsp3) is 0.818. The van der Waals surface area contributed by atoms with Gasteiger partial charge in [0.25, 0.3) is 0 Å². The molecule has 0 amide bonds. The lowest BCUT2D eigenvalue weighted by Gasteiger charge is -2.12. The molecule has 0 saturated carbocycles. The minimum absolute atomic E-state index is 0.476. The summed E-state index contributed by atoms with van der Waals surface area (Å²) in [4.78, 5) is 4.28. The molecule has 0 radical (unpaired) electrons. The van der Waals surface area contributed by atoms with Gasteiger partial charge in [-0.3, -0.25) is 0 Å². The van der Waals surface area contributed by atoms with Gasteiger partial charge in [-0.15, -0.1) is 0 Å². The molecular formula is C11H20N4O. The van der Waals surface area contributed by atoms with Crippen LogP contribution >= 0.6 is 0 Å². The maximum Gasteiger partial charge on any atom is 0.140 e. The average molecular weight is 224 g/mol. The van der Waals surface area contributed by atoms with Crippen LogP contribution in [0.15, 0.2) is 6.33 Å². The lowest BCUT2D eigenvalue weighted by molar-refractivity contribution is 0.189. The Morgan fingerprint density at radius 3 is 3.19 bits per heavy atom. The SMILES string of the molecule is CC(C)Cn1ncnc1CNC1CCOC1. The van der Waals surface area contributed by atoms with Gasteiger partial charge in [0.15, 0.2) is 0 Å². The van der Waals surface area contributed by atoms with Crippen LogP contribution in [0.4, 0.5) is 0 Å². The minimum Gasteiger partial charge on any atom is -0.380 e. The highest BCUT2D eigenvalue weighted by molar-refractivity contribution is 4.86. The first-order valence-electron chi connectivity index (χ1n) is 5.93. The molecule has 1 unspecified atom stereocenters. The Balaban J connectivity index is 1.85. The highest BCUT2D eigenvalue weighted by Gasteiger charge is 2.15. The smallest absolute Gasteiger partial charge is 0.140 e. The van der Waals surface area contributed by atoms with Gasteiger partial charge in [-0.25, -0.2) is 9.67 Å². The second-order valence-corrected chi connectivity index (χ2v) is 4.69.